The topological polar surface area (TPSA) is 142 Å². The molecule has 12 nitrogen and oxygen atoms in total. The fraction of sp³-hybridized carbons (Fsp3) is 0.545. The molecular weight excluding hydrogens is 608 g/mol. The Labute approximate surface area is 275 Å². The molecule has 1 fully saturated rings. The highest BCUT2D eigenvalue weighted by Gasteiger charge is 2.35. The number of amides is 1. The fourth-order valence-corrected chi connectivity index (χ4v) is 6.21. The van der Waals surface area contributed by atoms with Crippen molar-refractivity contribution in [3.63, 3.8) is 0 Å². The van der Waals surface area contributed by atoms with Crippen molar-refractivity contribution in [1.29, 1.82) is 0 Å². The molecule has 4 heterocycles. The minimum absolute atomic E-state index is 0. The number of rotatable bonds is 9. The van der Waals surface area contributed by atoms with E-state index in [0.29, 0.717) is 33.7 Å². The molecule has 5 rings (SSSR count). The SMILES string of the molecule is CC.COc1ccccc1CCn1c(=O)n(C(C)(C)C(=O)NCC(C)C)c(=O)c2c(C)c(-n3nccn3)sc21.OC1CCOCC1.[HH]. The minimum atomic E-state index is -1.41. The van der Waals surface area contributed by atoms with Crippen molar-refractivity contribution in [2.75, 3.05) is 26.9 Å². The zero-order valence-corrected chi connectivity index (χ0v) is 29.0. The van der Waals surface area contributed by atoms with Gasteiger partial charge in [0.1, 0.15) is 21.1 Å². The Morgan fingerprint density at radius 2 is 1.80 bits per heavy atom. The number of thiophene rings is 1. The molecule has 0 atom stereocenters. The van der Waals surface area contributed by atoms with Crippen molar-refractivity contribution in [1.82, 2.24) is 29.4 Å². The van der Waals surface area contributed by atoms with Gasteiger partial charge in [-0.05, 0) is 57.6 Å². The number of fused-ring (bicyclic) bond motifs is 1. The van der Waals surface area contributed by atoms with Crippen LogP contribution in [0.4, 0.5) is 0 Å². The summed E-state index contributed by atoms with van der Waals surface area (Å²) in [6.45, 7) is 15.2. The van der Waals surface area contributed by atoms with Gasteiger partial charge in [-0.25, -0.2) is 9.36 Å². The first-order valence-electron chi connectivity index (χ1n) is 15.8. The second-order valence-electron chi connectivity index (χ2n) is 11.7. The van der Waals surface area contributed by atoms with Gasteiger partial charge in [0.25, 0.3) is 5.56 Å². The number of methoxy groups -OCH3 is 1. The van der Waals surface area contributed by atoms with Gasteiger partial charge in [-0.3, -0.25) is 14.2 Å². The second-order valence-corrected chi connectivity index (χ2v) is 12.7. The number of hydrogen-bond donors (Lipinski definition) is 2. The van der Waals surface area contributed by atoms with E-state index in [-0.39, 0.29) is 20.0 Å². The van der Waals surface area contributed by atoms with E-state index in [1.165, 1.54) is 16.1 Å². The molecule has 3 aromatic heterocycles. The molecule has 1 saturated heterocycles. The number of aliphatic hydroxyl groups excluding tert-OH is 1. The van der Waals surface area contributed by atoms with Crippen LogP contribution >= 0.6 is 11.3 Å². The normalized spacial score (nSPS) is 13.5. The van der Waals surface area contributed by atoms with Crippen LogP contribution in [0.25, 0.3) is 15.2 Å². The maximum absolute atomic E-state index is 14.0. The van der Waals surface area contributed by atoms with Gasteiger partial charge in [0.2, 0.25) is 5.91 Å². The lowest BCUT2D eigenvalue weighted by molar-refractivity contribution is -0.128. The van der Waals surface area contributed by atoms with Gasteiger partial charge in [0, 0.05) is 33.3 Å². The number of aromatic nitrogens is 5. The predicted octanol–water partition coefficient (Wildman–Crippen LogP) is 4.30. The summed E-state index contributed by atoms with van der Waals surface area (Å²) in [4.78, 5) is 43.0. The second kappa shape index (κ2) is 16.7. The summed E-state index contributed by atoms with van der Waals surface area (Å²) in [5.74, 6) is 0.551. The van der Waals surface area contributed by atoms with E-state index in [0.717, 1.165) is 41.9 Å². The number of hydrogen-bond acceptors (Lipinski definition) is 9. The zero-order chi connectivity index (χ0) is 34.0. The van der Waals surface area contributed by atoms with Crippen molar-refractivity contribution in [2.45, 2.75) is 85.9 Å². The largest absolute Gasteiger partial charge is 0.496 e. The molecule has 0 radical (unpaired) electrons. The van der Waals surface area contributed by atoms with Crippen LogP contribution in [0.2, 0.25) is 0 Å². The highest BCUT2D eigenvalue weighted by atomic mass is 32.1. The number of carbonyl (C=O) groups excluding carboxylic acids is 1. The Morgan fingerprint density at radius 3 is 2.37 bits per heavy atom. The van der Waals surface area contributed by atoms with Gasteiger partial charge in [0.15, 0.2) is 0 Å². The van der Waals surface area contributed by atoms with Crippen molar-refractivity contribution in [2.24, 2.45) is 5.92 Å². The summed E-state index contributed by atoms with van der Waals surface area (Å²) in [6, 6.07) is 7.61. The first-order valence-corrected chi connectivity index (χ1v) is 16.6. The molecule has 1 amide bonds. The number of aryl methyl sites for hydroxylation is 3. The van der Waals surface area contributed by atoms with Crippen molar-refractivity contribution in [3.05, 3.63) is 68.6 Å². The summed E-state index contributed by atoms with van der Waals surface area (Å²) in [7, 11) is 1.60. The molecule has 254 valence electrons. The molecule has 1 aliphatic rings. The van der Waals surface area contributed by atoms with E-state index in [4.69, 9.17) is 14.6 Å². The monoisotopic (exact) mass is 658 g/mol. The van der Waals surface area contributed by atoms with Gasteiger partial charge < -0.3 is 19.9 Å². The van der Waals surface area contributed by atoms with Crippen LogP contribution in [0.3, 0.4) is 0 Å². The van der Waals surface area contributed by atoms with E-state index < -0.39 is 22.7 Å². The van der Waals surface area contributed by atoms with E-state index in [2.05, 4.69) is 15.5 Å². The van der Waals surface area contributed by atoms with Gasteiger partial charge in [-0.15, -0.1) is 4.80 Å². The molecule has 1 aliphatic heterocycles. The third kappa shape index (κ3) is 8.31. The Balaban J connectivity index is 0.000000672. The lowest BCUT2D eigenvalue weighted by Gasteiger charge is -2.27. The maximum atomic E-state index is 14.0. The Hall–Kier alpha value is -3.81. The first kappa shape index (κ1) is 36.7. The zero-order valence-electron chi connectivity index (χ0n) is 28.2. The molecule has 0 bridgehead atoms. The Morgan fingerprint density at radius 1 is 1.17 bits per heavy atom. The van der Waals surface area contributed by atoms with Crippen molar-refractivity contribution >= 4 is 27.5 Å². The molecule has 0 saturated carbocycles. The molecule has 0 unspecified atom stereocenters. The van der Waals surface area contributed by atoms with Crippen LogP contribution in [-0.4, -0.2) is 68.1 Å². The van der Waals surface area contributed by atoms with E-state index in [1.807, 2.05) is 58.9 Å². The Kier molecular flexibility index (Phi) is 13.3. The van der Waals surface area contributed by atoms with Crippen LogP contribution in [0.5, 0.6) is 5.75 Å². The van der Waals surface area contributed by atoms with E-state index in [1.54, 1.807) is 37.9 Å². The van der Waals surface area contributed by atoms with Gasteiger partial charge >= 0.3 is 5.69 Å². The highest BCUT2D eigenvalue weighted by molar-refractivity contribution is 7.21. The number of carbonyl (C=O) groups is 1. The molecule has 46 heavy (non-hydrogen) atoms. The van der Waals surface area contributed by atoms with Crippen molar-refractivity contribution in [3.8, 4) is 10.8 Å². The van der Waals surface area contributed by atoms with Crippen molar-refractivity contribution < 1.29 is 20.8 Å². The van der Waals surface area contributed by atoms with Crippen LogP contribution in [-0.2, 0) is 28.0 Å². The number of benzene rings is 1. The number of nitrogens with zero attached hydrogens (tertiary/aromatic N) is 5. The summed E-state index contributed by atoms with van der Waals surface area (Å²) < 4.78 is 13.1. The average Bonchev–Trinajstić information content (AvgIpc) is 3.70. The summed E-state index contributed by atoms with van der Waals surface area (Å²) in [5.41, 5.74) is -0.885. The lowest BCUT2D eigenvalue weighted by atomic mass is 10.0. The molecule has 1 aromatic carbocycles. The van der Waals surface area contributed by atoms with E-state index >= 15 is 0 Å². The van der Waals surface area contributed by atoms with Gasteiger partial charge in [-0.1, -0.05) is 57.2 Å². The number of nitrogens with one attached hydrogen (secondary N) is 1. The summed E-state index contributed by atoms with van der Waals surface area (Å²) >= 11 is 1.28. The predicted molar refractivity (Wildman–Crippen MR) is 183 cm³/mol. The molecule has 0 spiro atoms. The highest BCUT2D eigenvalue weighted by Crippen LogP contribution is 2.31. The van der Waals surface area contributed by atoms with Crippen LogP contribution in [0, 0.1) is 12.8 Å². The maximum Gasteiger partial charge on any atom is 0.333 e. The average molecular weight is 659 g/mol. The number of ether oxygens (including phenoxy) is 2. The fourth-order valence-electron chi connectivity index (χ4n) is 4.98. The number of para-hydroxylation sites is 1. The third-order valence-corrected chi connectivity index (χ3v) is 8.84. The molecule has 2 N–H and O–H groups in total. The third-order valence-electron chi connectivity index (χ3n) is 7.56. The van der Waals surface area contributed by atoms with Gasteiger partial charge in [-0.2, -0.15) is 10.2 Å². The van der Waals surface area contributed by atoms with Crippen LogP contribution < -0.4 is 21.3 Å². The summed E-state index contributed by atoms with van der Waals surface area (Å²) in [5, 5.41) is 21.2. The smallest absolute Gasteiger partial charge is 0.333 e. The first-order chi connectivity index (χ1) is 22.0. The van der Waals surface area contributed by atoms with Crippen LogP contribution in [0.1, 0.15) is 66.9 Å². The molecular formula is C33H50N6O6S. The van der Waals surface area contributed by atoms with Gasteiger partial charge in [0.05, 0.1) is 31.0 Å². The minimum Gasteiger partial charge on any atom is -0.496 e. The molecule has 13 heteroatoms. The molecule has 0 aliphatic carbocycles. The standard InChI is InChI=1S/C26H32N6O4S.C5H10O2.C2H6.H2/c1-16(2)15-27-24(34)26(4,5)31-21(33)20-17(3)22(32-28-12-13-29-32)37-23(20)30(25(31)35)14-11-18-9-7-8-10-19(18)36-6;6-5-1-3-7-4-2-5;1-2;/h7-10,12-13,16H,11,14-15H2,1-6H3,(H,27,34);5-6H,1-4H2;1-2H3;1H. The Bertz CT molecular complexity index is 1690. The van der Waals surface area contributed by atoms with Crippen LogP contribution in [0.15, 0.2) is 46.2 Å². The number of aliphatic hydroxyl groups is 1. The molecule has 4 aromatic rings. The lowest BCUT2D eigenvalue weighted by Crippen LogP contribution is -2.56. The van der Waals surface area contributed by atoms with E-state index in [9.17, 15) is 14.4 Å². The quantitative estimate of drug-likeness (QED) is 0.271. The summed E-state index contributed by atoms with van der Waals surface area (Å²) in [6.07, 6.45) is 5.15.